The maximum atomic E-state index is 13.5. The zero-order valence-electron chi connectivity index (χ0n) is 21.9. The van der Waals surface area contributed by atoms with Crippen molar-refractivity contribution in [1.29, 1.82) is 0 Å². The topological polar surface area (TPSA) is 73.4 Å². The van der Waals surface area contributed by atoms with Crippen molar-refractivity contribution in [2.24, 2.45) is 0 Å². The Morgan fingerprint density at radius 3 is 2.14 bits per heavy atom. The molecule has 0 atom stereocenters. The number of carbonyl (C=O) groups is 1. The van der Waals surface area contributed by atoms with Gasteiger partial charge in [0, 0.05) is 19.2 Å². The molecule has 37 heavy (non-hydrogen) atoms. The molecule has 0 unspecified atom stereocenters. The minimum atomic E-state index is -0.204. The van der Waals surface area contributed by atoms with Gasteiger partial charge in [-0.25, -0.2) is 4.98 Å². The third kappa shape index (κ3) is 6.98. The quantitative estimate of drug-likeness (QED) is 0.255. The predicted molar refractivity (Wildman–Crippen MR) is 154 cm³/mol. The standard InChI is InChI=1S/C26H32ClN3O5S.ClH/c1-7-29(8-2)13-14-30(26-28-23-19(32-3)11-10-18(27)25(23)36-26)22(31)12-9-17-15-20(33-4)24(35-6)21(16-17)34-5;/h9-12,15-16H,7-8,13-14H2,1-6H3;1H. The van der Waals surface area contributed by atoms with E-state index in [4.69, 9.17) is 35.5 Å². The number of thiazole rings is 1. The lowest BCUT2D eigenvalue weighted by atomic mass is 10.1. The van der Waals surface area contributed by atoms with E-state index in [1.165, 1.54) is 17.4 Å². The van der Waals surface area contributed by atoms with Gasteiger partial charge in [0.2, 0.25) is 5.75 Å². The lowest BCUT2D eigenvalue weighted by molar-refractivity contribution is -0.114. The molecule has 0 radical (unpaired) electrons. The summed E-state index contributed by atoms with van der Waals surface area (Å²) in [5.74, 6) is 1.92. The monoisotopic (exact) mass is 569 g/mol. The number of carbonyl (C=O) groups excluding carboxylic acids is 1. The van der Waals surface area contributed by atoms with Crippen molar-refractivity contribution in [2.45, 2.75) is 13.8 Å². The summed E-state index contributed by atoms with van der Waals surface area (Å²) < 4.78 is 22.5. The highest BCUT2D eigenvalue weighted by molar-refractivity contribution is 7.23. The lowest BCUT2D eigenvalue weighted by Crippen LogP contribution is -2.38. The molecule has 1 heterocycles. The Balaban J connectivity index is 0.00000481. The number of anilines is 1. The first kappa shape index (κ1) is 30.5. The molecule has 0 bridgehead atoms. The summed E-state index contributed by atoms with van der Waals surface area (Å²) in [6, 6.07) is 7.12. The first-order chi connectivity index (χ1) is 17.4. The Kier molecular flexibility index (Phi) is 11.8. The maximum absolute atomic E-state index is 13.5. The van der Waals surface area contributed by atoms with Crippen molar-refractivity contribution in [3.63, 3.8) is 0 Å². The van der Waals surface area contributed by atoms with Crippen molar-refractivity contribution < 1.29 is 23.7 Å². The van der Waals surface area contributed by atoms with Gasteiger partial charge in [-0.05, 0) is 49.0 Å². The van der Waals surface area contributed by atoms with E-state index in [0.717, 1.165) is 23.4 Å². The number of ether oxygens (including phenoxy) is 4. The molecule has 202 valence electrons. The van der Waals surface area contributed by atoms with Crippen LogP contribution < -0.4 is 23.8 Å². The van der Waals surface area contributed by atoms with E-state index in [0.29, 0.717) is 51.8 Å². The van der Waals surface area contributed by atoms with Crippen LogP contribution in [0.2, 0.25) is 5.02 Å². The summed E-state index contributed by atoms with van der Waals surface area (Å²) in [4.78, 5) is 22.2. The number of rotatable bonds is 12. The second-order valence-electron chi connectivity index (χ2n) is 7.73. The first-order valence-electron chi connectivity index (χ1n) is 11.6. The summed E-state index contributed by atoms with van der Waals surface area (Å²) in [6.07, 6.45) is 3.24. The first-order valence-corrected chi connectivity index (χ1v) is 12.7. The predicted octanol–water partition coefficient (Wildman–Crippen LogP) is 5.79. The normalized spacial score (nSPS) is 11.0. The molecule has 0 saturated carbocycles. The van der Waals surface area contributed by atoms with Crippen molar-refractivity contribution in [3.8, 4) is 23.0 Å². The van der Waals surface area contributed by atoms with Crippen molar-refractivity contribution in [1.82, 2.24) is 9.88 Å². The molecule has 3 aromatic rings. The van der Waals surface area contributed by atoms with Gasteiger partial charge in [0.1, 0.15) is 11.3 Å². The van der Waals surface area contributed by atoms with Gasteiger partial charge in [0.15, 0.2) is 16.6 Å². The van der Waals surface area contributed by atoms with E-state index in [9.17, 15) is 4.79 Å². The zero-order chi connectivity index (χ0) is 26.2. The number of halogens is 2. The fourth-order valence-electron chi connectivity index (χ4n) is 3.76. The van der Waals surface area contributed by atoms with E-state index in [2.05, 4.69) is 18.7 Å². The van der Waals surface area contributed by atoms with Crippen molar-refractivity contribution in [3.05, 3.63) is 40.9 Å². The number of amides is 1. The molecular weight excluding hydrogens is 537 g/mol. The van der Waals surface area contributed by atoms with Gasteiger partial charge in [-0.15, -0.1) is 12.4 Å². The minimum Gasteiger partial charge on any atom is -0.494 e. The summed E-state index contributed by atoms with van der Waals surface area (Å²) in [7, 11) is 6.24. The van der Waals surface area contributed by atoms with Crippen LogP contribution in [0, 0.1) is 0 Å². The van der Waals surface area contributed by atoms with Gasteiger partial charge in [0.05, 0.1) is 38.2 Å². The fourth-order valence-corrected chi connectivity index (χ4v) is 5.05. The molecule has 3 rings (SSSR count). The number of hydrogen-bond acceptors (Lipinski definition) is 8. The van der Waals surface area contributed by atoms with E-state index >= 15 is 0 Å². The maximum Gasteiger partial charge on any atom is 0.252 e. The molecule has 1 aromatic heterocycles. The summed E-state index contributed by atoms with van der Waals surface area (Å²) in [5, 5.41) is 1.13. The SMILES string of the molecule is CCN(CC)CCN(C(=O)C=Cc1cc(OC)c(OC)c(OC)c1)c1nc2c(OC)ccc(Cl)c2s1.Cl. The van der Waals surface area contributed by atoms with Crippen LogP contribution in [-0.4, -0.2) is 70.4 Å². The fraction of sp³-hybridized carbons (Fsp3) is 0.385. The van der Waals surface area contributed by atoms with Crippen LogP contribution in [-0.2, 0) is 4.79 Å². The Hall–Kier alpha value is -2.72. The van der Waals surface area contributed by atoms with Gasteiger partial charge in [-0.3, -0.25) is 9.69 Å². The van der Waals surface area contributed by atoms with Crippen LogP contribution in [0.5, 0.6) is 23.0 Å². The highest BCUT2D eigenvalue weighted by Gasteiger charge is 2.21. The molecule has 11 heteroatoms. The number of nitrogens with zero attached hydrogens (tertiary/aromatic N) is 3. The van der Waals surface area contributed by atoms with Crippen LogP contribution in [0.4, 0.5) is 5.13 Å². The largest absolute Gasteiger partial charge is 0.494 e. The molecule has 0 saturated heterocycles. The minimum absolute atomic E-state index is 0. The van der Waals surface area contributed by atoms with E-state index in [1.807, 2.05) is 0 Å². The molecule has 2 aromatic carbocycles. The number of methoxy groups -OCH3 is 4. The van der Waals surface area contributed by atoms with E-state index in [1.54, 1.807) is 63.7 Å². The molecule has 0 aliphatic rings. The third-order valence-corrected chi connectivity index (χ3v) is 7.34. The lowest BCUT2D eigenvalue weighted by Gasteiger charge is -2.23. The Labute approximate surface area is 233 Å². The van der Waals surface area contributed by atoms with Crippen LogP contribution >= 0.6 is 35.3 Å². The Morgan fingerprint density at radius 2 is 1.59 bits per heavy atom. The van der Waals surface area contributed by atoms with Gasteiger partial charge in [-0.2, -0.15) is 0 Å². The van der Waals surface area contributed by atoms with Crippen LogP contribution in [0.15, 0.2) is 30.3 Å². The summed E-state index contributed by atoms with van der Waals surface area (Å²) >= 11 is 7.80. The molecule has 0 N–H and O–H groups in total. The average Bonchev–Trinajstić information content (AvgIpc) is 3.35. The number of hydrogen-bond donors (Lipinski definition) is 0. The second-order valence-corrected chi connectivity index (χ2v) is 9.12. The van der Waals surface area contributed by atoms with E-state index < -0.39 is 0 Å². The smallest absolute Gasteiger partial charge is 0.252 e. The second kappa shape index (κ2) is 14.3. The number of benzene rings is 2. The van der Waals surface area contributed by atoms with Gasteiger partial charge < -0.3 is 23.8 Å². The molecule has 0 aliphatic carbocycles. The van der Waals surface area contributed by atoms with Gasteiger partial charge in [0.25, 0.3) is 5.91 Å². The summed E-state index contributed by atoms with van der Waals surface area (Å²) in [5.41, 5.74) is 1.37. The highest BCUT2D eigenvalue weighted by atomic mass is 35.5. The molecule has 1 amide bonds. The van der Waals surface area contributed by atoms with Crippen LogP contribution in [0.1, 0.15) is 19.4 Å². The summed E-state index contributed by atoms with van der Waals surface area (Å²) in [6.45, 7) is 7.15. The number of fused-ring (bicyclic) bond motifs is 1. The number of aromatic nitrogens is 1. The Bertz CT molecular complexity index is 1210. The molecule has 8 nitrogen and oxygen atoms in total. The van der Waals surface area contributed by atoms with Gasteiger partial charge >= 0.3 is 0 Å². The van der Waals surface area contributed by atoms with Gasteiger partial charge in [-0.1, -0.05) is 36.8 Å². The average molecular weight is 571 g/mol. The molecular formula is C26H33Cl2N3O5S. The number of likely N-dealkylation sites (N-methyl/N-ethyl adjacent to an activating group) is 1. The zero-order valence-corrected chi connectivity index (χ0v) is 24.3. The van der Waals surface area contributed by atoms with Crippen molar-refractivity contribution >= 4 is 62.7 Å². The molecule has 0 aliphatic heterocycles. The molecule has 0 spiro atoms. The van der Waals surface area contributed by atoms with Crippen molar-refractivity contribution in [2.75, 3.05) is 59.5 Å². The third-order valence-electron chi connectivity index (χ3n) is 5.80. The van der Waals surface area contributed by atoms with Crippen LogP contribution in [0.25, 0.3) is 16.3 Å². The highest BCUT2D eigenvalue weighted by Crippen LogP contribution is 2.40. The molecule has 0 fully saturated rings. The van der Waals surface area contributed by atoms with E-state index in [-0.39, 0.29) is 18.3 Å². The Morgan fingerprint density at radius 1 is 0.973 bits per heavy atom. The van der Waals surface area contributed by atoms with Crippen LogP contribution in [0.3, 0.4) is 0 Å².